The first-order valence-electron chi connectivity index (χ1n) is 7.81. The molecule has 3 rings (SSSR count). The van der Waals surface area contributed by atoms with Crippen molar-refractivity contribution in [1.82, 2.24) is 15.0 Å². The van der Waals surface area contributed by atoms with E-state index in [9.17, 15) is 4.79 Å². The lowest BCUT2D eigenvalue weighted by Gasteiger charge is -2.15. The zero-order chi connectivity index (χ0) is 16.2. The number of carbonyl (C=O) groups is 1. The molecule has 1 aromatic carbocycles. The van der Waals surface area contributed by atoms with Crippen LogP contribution in [0.3, 0.4) is 0 Å². The van der Waals surface area contributed by atoms with Gasteiger partial charge in [-0.1, -0.05) is 42.4 Å². The molecular formula is C17H21N3O3. The molecule has 122 valence electrons. The number of ether oxygens (including phenoxy) is 1. The Morgan fingerprint density at radius 2 is 2.17 bits per heavy atom. The van der Waals surface area contributed by atoms with Crippen LogP contribution in [0, 0.1) is 0 Å². The van der Waals surface area contributed by atoms with E-state index in [0.717, 1.165) is 5.56 Å². The highest BCUT2D eigenvalue weighted by molar-refractivity contribution is 5.79. The van der Waals surface area contributed by atoms with Crippen LogP contribution in [0.5, 0.6) is 0 Å². The Kier molecular flexibility index (Phi) is 4.71. The van der Waals surface area contributed by atoms with Crippen molar-refractivity contribution in [3.8, 4) is 0 Å². The number of carbonyl (C=O) groups excluding carboxylic acids is 1. The smallest absolute Gasteiger partial charge is 0.231 e. The Bertz CT molecular complexity index is 656. The molecule has 0 saturated carbocycles. The first kappa shape index (κ1) is 15.7. The van der Waals surface area contributed by atoms with E-state index < -0.39 is 0 Å². The molecule has 6 heteroatoms. The van der Waals surface area contributed by atoms with Crippen molar-refractivity contribution in [1.29, 1.82) is 0 Å². The van der Waals surface area contributed by atoms with Crippen LogP contribution in [0.4, 0.5) is 0 Å². The van der Waals surface area contributed by atoms with Gasteiger partial charge in [0, 0.05) is 32.5 Å². The minimum Gasteiger partial charge on any atom is -0.384 e. The van der Waals surface area contributed by atoms with E-state index in [1.807, 2.05) is 42.2 Å². The van der Waals surface area contributed by atoms with E-state index in [2.05, 4.69) is 10.1 Å². The largest absolute Gasteiger partial charge is 0.384 e. The number of aromatic nitrogens is 2. The van der Waals surface area contributed by atoms with Gasteiger partial charge in [-0.3, -0.25) is 4.79 Å². The van der Waals surface area contributed by atoms with E-state index in [-0.39, 0.29) is 17.7 Å². The number of hydrogen-bond acceptors (Lipinski definition) is 5. The quantitative estimate of drug-likeness (QED) is 0.818. The maximum atomic E-state index is 12.2. The monoisotopic (exact) mass is 315 g/mol. The molecule has 0 spiro atoms. The second-order valence-corrected chi connectivity index (χ2v) is 6.01. The highest BCUT2D eigenvalue weighted by Crippen LogP contribution is 2.28. The van der Waals surface area contributed by atoms with E-state index >= 15 is 0 Å². The van der Waals surface area contributed by atoms with Gasteiger partial charge < -0.3 is 14.2 Å². The number of rotatable bonds is 6. The van der Waals surface area contributed by atoms with Gasteiger partial charge >= 0.3 is 0 Å². The lowest BCUT2D eigenvalue weighted by atomic mass is 10.1. The molecule has 1 aliphatic heterocycles. The summed E-state index contributed by atoms with van der Waals surface area (Å²) in [6.45, 7) is 3.76. The zero-order valence-electron chi connectivity index (χ0n) is 13.4. The van der Waals surface area contributed by atoms with Crippen LogP contribution in [0.25, 0.3) is 0 Å². The zero-order valence-corrected chi connectivity index (χ0v) is 13.4. The molecule has 0 unspecified atom stereocenters. The molecule has 1 saturated heterocycles. The molecule has 0 N–H and O–H groups in total. The fourth-order valence-electron chi connectivity index (χ4n) is 2.84. The van der Waals surface area contributed by atoms with Crippen molar-refractivity contribution < 1.29 is 14.1 Å². The predicted octanol–water partition coefficient (Wildman–Crippen LogP) is 2.34. The topological polar surface area (TPSA) is 68.5 Å². The van der Waals surface area contributed by atoms with Crippen molar-refractivity contribution in [2.24, 2.45) is 0 Å². The molecule has 2 heterocycles. The number of methoxy groups -OCH3 is 1. The van der Waals surface area contributed by atoms with Crippen LogP contribution < -0.4 is 0 Å². The second-order valence-electron chi connectivity index (χ2n) is 6.01. The molecule has 2 atom stereocenters. The minimum absolute atomic E-state index is 0.00143. The Balaban J connectivity index is 1.65. The Morgan fingerprint density at radius 3 is 2.91 bits per heavy atom. The van der Waals surface area contributed by atoms with Gasteiger partial charge in [-0.15, -0.1) is 0 Å². The molecule has 2 aromatic rings. The van der Waals surface area contributed by atoms with Gasteiger partial charge in [-0.2, -0.15) is 4.98 Å². The van der Waals surface area contributed by atoms with Crippen LogP contribution in [0.1, 0.15) is 42.5 Å². The highest BCUT2D eigenvalue weighted by atomic mass is 16.5. The van der Waals surface area contributed by atoms with Crippen molar-refractivity contribution in [3.63, 3.8) is 0 Å². The van der Waals surface area contributed by atoms with Gasteiger partial charge in [0.2, 0.25) is 11.8 Å². The van der Waals surface area contributed by atoms with Crippen LogP contribution in [-0.2, 0) is 16.1 Å². The maximum absolute atomic E-state index is 12.2. The van der Waals surface area contributed by atoms with E-state index in [1.165, 1.54) is 0 Å². The van der Waals surface area contributed by atoms with Crippen LogP contribution in [-0.4, -0.2) is 41.2 Å². The van der Waals surface area contributed by atoms with Crippen LogP contribution in [0.2, 0.25) is 0 Å². The molecule has 1 aromatic heterocycles. The third kappa shape index (κ3) is 3.59. The second kappa shape index (κ2) is 6.91. The van der Waals surface area contributed by atoms with Gasteiger partial charge in [-0.25, -0.2) is 0 Å². The molecular weight excluding hydrogens is 294 g/mol. The molecule has 0 bridgehead atoms. The Hall–Kier alpha value is -2.21. The summed E-state index contributed by atoms with van der Waals surface area (Å²) in [7, 11) is 1.64. The highest BCUT2D eigenvalue weighted by Gasteiger charge is 2.34. The van der Waals surface area contributed by atoms with E-state index in [0.29, 0.717) is 37.8 Å². The Labute approximate surface area is 135 Å². The molecule has 23 heavy (non-hydrogen) atoms. The summed E-state index contributed by atoms with van der Waals surface area (Å²) >= 11 is 0. The molecule has 0 aliphatic carbocycles. The fraction of sp³-hybridized carbons (Fsp3) is 0.471. The first-order chi connectivity index (χ1) is 11.2. The van der Waals surface area contributed by atoms with Crippen molar-refractivity contribution in [2.45, 2.75) is 31.7 Å². The van der Waals surface area contributed by atoms with E-state index in [4.69, 9.17) is 9.26 Å². The van der Waals surface area contributed by atoms with Crippen molar-refractivity contribution in [2.75, 3.05) is 20.3 Å². The SMILES string of the molecule is COC[C@H](C)c1nc([C@H]2CC(=O)N(Cc3ccccc3)C2)no1. The molecule has 6 nitrogen and oxygen atoms in total. The van der Waals surface area contributed by atoms with Crippen molar-refractivity contribution >= 4 is 5.91 Å². The molecule has 0 radical (unpaired) electrons. The summed E-state index contributed by atoms with van der Waals surface area (Å²) in [5.41, 5.74) is 1.13. The van der Waals surface area contributed by atoms with Crippen LogP contribution in [0.15, 0.2) is 34.9 Å². The number of benzene rings is 1. The first-order valence-corrected chi connectivity index (χ1v) is 7.81. The lowest BCUT2D eigenvalue weighted by molar-refractivity contribution is -0.128. The third-order valence-corrected chi connectivity index (χ3v) is 4.09. The lowest BCUT2D eigenvalue weighted by Crippen LogP contribution is -2.24. The average molecular weight is 315 g/mol. The predicted molar refractivity (Wildman–Crippen MR) is 83.8 cm³/mol. The van der Waals surface area contributed by atoms with Gasteiger partial charge in [0.25, 0.3) is 0 Å². The normalized spacial score (nSPS) is 19.3. The summed E-state index contributed by atoms with van der Waals surface area (Å²) in [4.78, 5) is 18.5. The summed E-state index contributed by atoms with van der Waals surface area (Å²) in [5.74, 6) is 1.37. The molecule has 1 aliphatic rings. The van der Waals surface area contributed by atoms with E-state index in [1.54, 1.807) is 7.11 Å². The fourth-order valence-corrected chi connectivity index (χ4v) is 2.84. The summed E-state index contributed by atoms with van der Waals surface area (Å²) < 4.78 is 10.4. The average Bonchev–Trinajstić information content (AvgIpc) is 3.16. The minimum atomic E-state index is -0.00143. The Morgan fingerprint density at radius 1 is 1.39 bits per heavy atom. The maximum Gasteiger partial charge on any atom is 0.231 e. The van der Waals surface area contributed by atoms with Crippen molar-refractivity contribution in [3.05, 3.63) is 47.6 Å². The number of likely N-dealkylation sites (tertiary alicyclic amines) is 1. The van der Waals surface area contributed by atoms with Gasteiger partial charge in [0.15, 0.2) is 5.82 Å². The summed E-state index contributed by atoms with van der Waals surface area (Å²) in [5, 5.41) is 4.06. The molecule has 1 fully saturated rings. The number of hydrogen-bond donors (Lipinski definition) is 0. The van der Waals surface area contributed by atoms with Gasteiger partial charge in [0.1, 0.15) is 0 Å². The van der Waals surface area contributed by atoms with Crippen LogP contribution >= 0.6 is 0 Å². The number of amides is 1. The summed E-state index contributed by atoms with van der Waals surface area (Å²) in [6, 6.07) is 9.99. The van der Waals surface area contributed by atoms with Gasteiger partial charge in [-0.05, 0) is 5.56 Å². The third-order valence-electron chi connectivity index (χ3n) is 4.09. The standard InChI is InChI=1S/C17H21N3O3/c1-12(11-22-2)17-18-16(19-23-17)14-8-15(21)20(10-14)9-13-6-4-3-5-7-13/h3-7,12,14H,8-11H2,1-2H3/t12-,14-/m0/s1. The van der Waals surface area contributed by atoms with Gasteiger partial charge in [0.05, 0.1) is 12.5 Å². The number of nitrogens with zero attached hydrogens (tertiary/aromatic N) is 3. The molecule has 1 amide bonds. The summed E-state index contributed by atoms with van der Waals surface area (Å²) in [6.07, 6.45) is 0.435.